The Balaban J connectivity index is 1.40. The van der Waals surface area contributed by atoms with E-state index in [4.69, 9.17) is 4.98 Å². The maximum atomic E-state index is 13.7. The maximum Gasteiger partial charge on any atom is 0.263 e. The molecule has 0 bridgehead atoms. The van der Waals surface area contributed by atoms with Gasteiger partial charge in [-0.1, -0.05) is 0 Å². The fourth-order valence-corrected chi connectivity index (χ4v) is 4.34. The third-order valence-corrected chi connectivity index (χ3v) is 6.60. The first-order valence-corrected chi connectivity index (χ1v) is 12.0. The molecule has 0 saturated heterocycles. The minimum atomic E-state index is -2.56. The van der Waals surface area contributed by atoms with E-state index >= 15 is 0 Å². The van der Waals surface area contributed by atoms with E-state index in [1.807, 2.05) is 6.92 Å². The molecule has 174 valence electrons. The van der Waals surface area contributed by atoms with Gasteiger partial charge in [0, 0.05) is 29.3 Å². The van der Waals surface area contributed by atoms with Crippen molar-refractivity contribution in [1.82, 2.24) is 34.7 Å². The van der Waals surface area contributed by atoms with Gasteiger partial charge >= 0.3 is 0 Å². The molecule has 3 heterocycles. The summed E-state index contributed by atoms with van der Waals surface area (Å²) in [5.41, 5.74) is 1.57. The van der Waals surface area contributed by atoms with Crippen molar-refractivity contribution < 1.29 is 8.78 Å². The van der Waals surface area contributed by atoms with Gasteiger partial charge in [-0.3, -0.25) is 0 Å². The van der Waals surface area contributed by atoms with Gasteiger partial charge in [-0.2, -0.15) is 4.68 Å². The summed E-state index contributed by atoms with van der Waals surface area (Å²) in [5.74, 6) is 2.91. The van der Waals surface area contributed by atoms with E-state index in [0.717, 1.165) is 41.5 Å². The number of alkyl halides is 2. The number of nitrogens with zero attached hydrogens (tertiary/aromatic N) is 7. The molecule has 8 nitrogen and oxygen atoms in total. The number of hydrogen-bond acceptors (Lipinski definition) is 7. The first kappa shape index (κ1) is 21.5. The number of rotatable bonds is 7. The third-order valence-electron chi connectivity index (χ3n) is 6.19. The van der Waals surface area contributed by atoms with Gasteiger partial charge in [-0.15, -0.1) is 5.10 Å². The van der Waals surface area contributed by atoms with Crippen LogP contribution in [0.15, 0.2) is 35.3 Å². The summed E-state index contributed by atoms with van der Waals surface area (Å²) in [6.07, 6.45) is 6.33. The van der Waals surface area contributed by atoms with Crippen molar-refractivity contribution in [3.8, 4) is 5.95 Å². The Hall–Kier alpha value is -3.08. The van der Waals surface area contributed by atoms with E-state index in [-0.39, 0.29) is 17.5 Å². The van der Waals surface area contributed by atoms with E-state index in [1.165, 1.54) is 12.4 Å². The molecule has 11 heteroatoms. The topological polar surface area (TPSA) is 94.3 Å². The van der Waals surface area contributed by atoms with Crippen molar-refractivity contribution in [3.63, 3.8) is 0 Å². The third kappa shape index (κ3) is 4.02. The molecule has 2 saturated carbocycles. The molecule has 2 aliphatic rings. The molecule has 0 spiro atoms. The average Bonchev–Trinajstić information content (AvgIpc) is 3.77. The van der Waals surface area contributed by atoms with Crippen LogP contribution in [0.4, 0.5) is 14.6 Å². The molecule has 2 aliphatic carbocycles. The van der Waals surface area contributed by atoms with E-state index < -0.39 is 6.43 Å². The van der Waals surface area contributed by atoms with Crippen LogP contribution in [0.25, 0.3) is 16.9 Å². The number of nitrogens with one attached hydrogen (secondary N) is 1. The van der Waals surface area contributed by atoms with Crippen molar-refractivity contribution in [2.24, 2.45) is 0 Å². The quantitative estimate of drug-likeness (QED) is 0.333. The predicted molar refractivity (Wildman–Crippen MR) is 125 cm³/mol. The molecule has 0 radical (unpaired) electrons. The van der Waals surface area contributed by atoms with Gasteiger partial charge in [-0.05, 0) is 72.2 Å². The lowest BCUT2D eigenvalue weighted by Gasteiger charge is -2.17. The Bertz CT molecular complexity index is 1370. The summed E-state index contributed by atoms with van der Waals surface area (Å²) >= 11 is 3.36. The second-order valence-corrected chi connectivity index (χ2v) is 9.80. The molecule has 2 fully saturated rings. The summed E-state index contributed by atoms with van der Waals surface area (Å²) in [4.78, 5) is 22.4. The van der Waals surface area contributed by atoms with Gasteiger partial charge in [0.2, 0.25) is 0 Å². The monoisotopic (exact) mass is 526 g/mol. The Morgan fingerprint density at radius 3 is 2.44 bits per heavy atom. The second kappa shape index (κ2) is 8.30. The number of halogens is 3. The molecule has 1 atom stereocenters. The normalized spacial score (nSPS) is 16.9. The fraction of sp³-hybridized carbons (Fsp3) is 0.391. The molecule has 1 aromatic carbocycles. The largest absolute Gasteiger partial charge is 0.360 e. The Morgan fingerprint density at radius 1 is 1.03 bits per heavy atom. The Kier molecular flexibility index (Phi) is 5.23. The lowest BCUT2D eigenvalue weighted by atomic mass is 10.0. The fourth-order valence-electron chi connectivity index (χ4n) is 4.13. The summed E-state index contributed by atoms with van der Waals surface area (Å²) in [6, 6.07) is 2.73. The molecule has 34 heavy (non-hydrogen) atoms. The van der Waals surface area contributed by atoms with Crippen LogP contribution >= 0.6 is 15.9 Å². The SMILES string of the molecule is C[C@H](Nc1ncnc2c(C3CC3)cc(C(F)F)cc12)c1nc(C2CC2)nn1-c1ncc(Br)cn1. The molecular formula is C23H21BrF2N8. The number of anilines is 1. The molecule has 1 N–H and O–H groups in total. The van der Waals surface area contributed by atoms with Crippen LogP contribution in [-0.4, -0.2) is 34.7 Å². The van der Waals surface area contributed by atoms with Crippen molar-refractivity contribution in [1.29, 1.82) is 0 Å². The van der Waals surface area contributed by atoms with Gasteiger partial charge in [-0.25, -0.2) is 33.7 Å². The van der Waals surface area contributed by atoms with Gasteiger partial charge in [0.15, 0.2) is 11.6 Å². The highest BCUT2D eigenvalue weighted by Gasteiger charge is 2.32. The Labute approximate surface area is 202 Å². The average molecular weight is 527 g/mol. The van der Waals surface area contributed by atoms with Crippen molar-refractivity contribution in [2.75, 3.05) is 5.32 Å². The Morgan fingerprint density at radius 2 is 1.76 bits per heavy atom. The van der Waals surface area contributed by atoms with E-state index in [9.17, 15) is 8.78 Å². The van der Waals surface area contributed by atoms with Crippen LogP contribution in [0, 0.1) is 0 Å². The highest BCUT2D eigenvalue weighted by atomic mass is 79.9. The maximum absolute atomic E-state index is 13.7. The molecular weight excluding hydrogens is 506 g/mol. The zero-order chi connectivity index (χ0) is 23.4. The van der Waals surface area contributed by atoms with Crippen molar-refractivity contribution >= 4 is 32.7 Å². The van der Waals surface area contributed by atoms with Crippen molar-refractivity contribution in [2.45, 2.75) is 56.9 Å². The molecule has 0 aliphatic heterocycles. The van der Waals surface area contributed by atoms with Crippen LogP contribution in [0.1, 0.15) is 79.7 Å². The molecule has 0 amide bonds. The van der Waals surface area contributed by atoms with Gasteiger partial charge < -0.3 is 5.32 Å². The van der Waals surface area contributed by atoms with E-state index in [0.29, 0.717) is 34.4 Å². The zero-order valence-corrected chi connectivity index (χ0v) is 19.9. The molecule has 4 aromatic rings. The second-order valence-electron chi connectivity index (χ2n) is 8.89. The van der Waals surface area contributed by atoms with Gasteiger partial charge in [0.25, 0.3) is 12.4 Å². The summed E-state index contributed by atoms with van der Waals surface area (Å²) in [5, 5.41) is 8.62. The zero-order valence-electron chi connectivity index (χ0n) is 18.3. The lowest BCUT2D eigenvalue weighted by molar-refractivity contribution is 0.151. The van der Waals surface area contributed by atoms with Crippen LogP contribution in [0.2, 0.25) is 0 Å². The lowest BCUT2D eigenvalue weighted by Crippen LogP contribution is -2.16. The molecule has 6 rings (SSSR count). The van der Waals surface area contributed by atoms with Crippen LogP contribution in [0.5, 0.6) is 0 Å². The van der Waals surface area contributed by atoms with E-state index in [2.05, 4.69) is 46.3 Å². The number of aromatic nitrogens is 7. The van der Waals surface area contributed by atoms with Crippen LogP contribution in [-0.2, 0) is 0 Å². The number of benzene rings is 1. The number of fused-ring (bicyclic) bond motifs is 1. The standard InChI is InChI=1S/C23H21BrF2N8/c1-11(22-32-20(13-4-5-13)33-34(22)23-27-8-15(24)9-28-23)31-21-17-7-14(19(25)26)6-16(12-2-3-12)18(17)29-10-30-21/h6-13,19H,2-5H2,1H3,(H,29,30,31)/t11-/m0/s1. The summed E-state index contributed by atoms with van der Waals surface area (Å²) in [6.45, 7) is 1.93. The minimum absolute atomic E-state index is 0.0117. The van der Waals surface area contributed by atoms with E-state index in [1.54, 1.807) is 23.1 Å². The van der Waals surface area contributed by atoms with Crippen molar-refractivity contribution in [3.05, 3.63) is 58.1 Å². The highest BCUT2D eigenvalue weighted by molar-refractivity contribution is 9.10. The summed E-state index contributed by atoms with van der Waals surface area (Å²) in [7, 11) is 0. The van der Waals surface area contributed by atoms with Gasteiger partial charge in [0.1, 0.15) is 12.1 Å². The first-order chi connectivity index (χ1) is 16.5. The highest BCUT2D eigenvalue weighted by Crippen LogP contribution is 2.45. The first-order valence-electron chi connectivity index (χ1n) is 11.3. The molecule has 3 aromatic heterocycles. The predicted octanol–water partition coefficient (Wildman–Crippen LogP) is 5.63. The summed E-state index contributed by atoms with van der Waals surface area (Å²) < 4.78 is 29.7. The smallest absolute Gasteiger partial charge is 0.263 e. The van der Waals surface area contributed by atoms with Gasteiger partial charge in [0.05, 0.1) is 16.0 Å². The number of hydrogen-bond donors (Lipinski definition) is 1. The minimum Gasteiger partial charge on any atom is -0.360 e. The van der Waals surface area contributed by atoms with Crippen LogP contribution in [0.3, 0.4) is 0 Å². The van der Waals surface area contributed by atoms with Crippen LogP contribution < -0.4 is 5.32 Å². The molecule has 0 unspecified atom stereocenters.